The minimum atomic E-state index is -1.66. The third-order valence-electron chi connectivity index (χ3n) is 3.16. The monoisotopic (exact) mass is 253 g/mol. The maximum absolute atomic E-state index is 6.14. The van der Waals surface area contributed by atoms with Crippen molar-refractivity contribution >= 4 is 29.7 Å². The summed E-state index contributed by atoms with van der Waals surface area (Å²) in [5, 5.41) is 0. The fourth-order valence-electron chi connectivity index (χ4n) is 2.24. The van der Waals surface area contributed by atoms with Crippen LogP contribution in [0.2, 0.25) is 0 Å². The van der Waals surface area contributed by atoms with Crippen LogP contribution in [0.1, 0.15) is 40.5 Å². The highest BCUT2D eigenvalue weighted by Gasteiger charge is 2.37. The zero-order valence-electron chi connectivity index (χ0n) is 9.56. The fraction of sp³-hybridized carbons (Fsp3) is 1.00. The lowest BCUT2D eigenvalue weighted by Gasteiger charge is -2.46. The molecule has 14 heavy (non-hydrogen) atoms. The Hall–Kier alpha value is 0.757. The molecule has 1 heterocycles. The highest BCUT2D eigenvalue weighted by Crippen LogP contribution is 2.35. The largest absolute Gasteiger partial charge is 0.309 e. The molecule has 0 aliphatic carbocycles. The molecule has 0 bridgehead atoms. The number of hydrogen-bond acceptors (Lipinski definition) is 1. The molecule has 1 aliphatic heterocycles. The molecule has 0 aromatic carbocycles. The number of nitrogens with zero attached hydrogens (tertiary/aromatic N) is 1. The van der Waals surface area contributed by atoms with E-state index in [1.807, 2.05) is 0 Å². The lowest BCUT2D eigenvalue weighted by atomic mass is 9.79. The van der Waals surface area contributed by atoms with Crippen molar-refractivity contribution in [2.75, 3.05) is 6.54 Å². The summed E-state index contributed by atoms with van der Waals surface area (Å²) in [5.41, 5.74) is 0.295. The van der Waals surface area contributed by atoms with Crippen LogP contribution in [0.15, 0.2) is 0 Å². The predicted molar refractivity (Wildman–Crippen MR) is 67.2 cm³/mol. The first-order chi connectivity index (χ1) is 6.32. The maximum atomic E-state index is 6.14. The number of hydrogen-bond donors (Lipinski definition) is 0. The predicted octanol–water partition coefficient (Wildman–Crippen LogP) is 3.33. The molecule has 0 amide bonds. The van der Waals surface area contributed by atoms with Gasteiger partial charge in [0, 0.05) is 6.04 Å². The molecular weight excluding hydrogens is 233 g/mol. The molecule has 2 atom stereocenters. The van der Waals surface area contributed by atoms with Crippen LogP contribution in [-0.2, 0) is 0 Å². The zero-order valence-corrected chi connectivity index (χ0v) is 12.2. The van der Waals surface area contributed by atoms with Crippen molar-refractivity contribution in [3.05, 3.63) is 0 Å². The van der Waals surface area contributed by atoms with Crippen molar-refractivity contribution < 1.29 is 0 Å². The van der Waals surface area contributed by atoms with Crippen LogP contribution < -0.4 is 0 Å². The molecule has 0 aromatic heterocycles. The third kappa shape index (κ3) is 3.12. The minimum absolute atomic E-state index is 0.295. The Morgan fingerprint density at radius 1 is 1.29 bits per heavy atom. The summed E-state index contributed by atoms with van der Waals surface area (Å²) in [4.78, 5) is 0. The van der Waals surface area contributed by atoms with Crippen molar-refractivity contribution in [1.82, 2.24) is 4.57 Å². The van der Waals surface area contributed by atoms with Gasteiger partial charge < -0.3 is 0 Å². The second-order valence-electron chi connectivity index (χ2n) is 5.53. The van der Waals surface area contributed by atoms with E-state index in [-0.39, 0.29) is 0 Å². The Balaban J connectivity index is 2.74. The number of piperidine rings is 1. The van der Waals surface area contributed by atoms with Crippen molar-refractivity contribution in [3.8, 4) is 0 Å². The topological polar surface area (TPSA) is 3.24 Å². The van der Waals surface area contributed by atoms with Crippen LogP contribution in [0.25, 0.3) is 0 Å². The van der Waals surface area contributed by atoms with Gasteiger partial charge >= 0.3 is 7.58 Å². The number of halogens is 2. The first kappa shape index (κ1) is 12.8. The molecule has 0 aromatic rings. The average molecular weight is 254 g/mol. The fourth-order valence-corrected chi connectivity index (χ4v) is 4.83. The van der Waals surface area contributed by atoms with E-state index in [0.717, 1.165) is 12.5 Å². The van der Waals surface area contributed by atoms with Gasteiger partial charge in [0.2, 0.25) is 0 Å². The molecule has 0 spiro atoms. The maximum Gasteiger partial charge on any atom is 0.309 e. The normalized spacial score (nSPS) is 31.1. The second kappa shape index (κ2) is 4.73. The van der Waals surface area contributed by atoms with E-state index in [9.17, 15) is 0 Å². The Morgan fingerprint density at radius 2 is 1.86 bits per heavy atom. The molecular formula is C10H21Cl2NSi. The van der Waals surface area contributed by atoms with Crippen molar-refractivity contribution in [2.24, 2.45) is 11.3 Å². The van der Waals surface area contributed by atoms with Gasteiger partial charge in [0.05, 0.1) is 0 Å². The number of rotatable bonds is 1. The van der Waals surface area contributed by atoms with Gasteiger partial charge in [-0.1, -0.05) is 27.7 Å². The molecule has 2 unspecified atom stereocenters. The van der Waals surface area contributed by atoms with E-state index in [1.165, 1.54) is 12.8 Å². The summed E-state index contributed by atoms with van der Waals surface area (Å²) in [6, 6.07) is 0.568. The van der Waals surface area contributed by atoms with Crippen LogP contribution in [0.4, 0.5) is 0 Å². The summed E-state index contributed by atoms with van der Waals surface area (Å²) >= 11 is 12.3. The molecule has 84 valence electrons. The van der Waals surface area contributed by atoms with E-state index in [1.54, 1.807) is 0 Å². The summed E-state index contributed by atoms with van der Waals surface area (Å²) < 4.78 is 2.36. The summed E-state index contributed by atoms with van der Waals surface area (Å²) in [7, 11) is -1.66. The van der Waals surface area contributed by atoms with E-state index in [0.29, 0.717) is 11.5 Å². The first-order valence-electron chi connectivity index (χ1n) is 5.36. The van der Waals surface area contributed by atoms with Gasteiger partial charge in [-0.25, -0.2) is 0 Å². The molecule has 1 rings (SSSR count). The Kier molecular flexibility index (Phi) is 4.33. The van der Waals surface area contributed by atoms with Crippen LogP contribution in [0, 0.1) is 11.3 Å². The van der Waals surface area contributed by atoms with Gasteiger partial charge in [-0.2, -0.15) is 0 Å². The average Bonchev–Trinajstić information content (AvgIpc) is 2.01. The highest BCUT2D eigenvalue weighted by molar-refractivity contribution is 7.32. The molecule has 1 aliphatic rings. The van der Waals surface area contributed by atoms with Gasteiger partial charge in [0.1, 0.15) is 0 Å². The highest BCUT2D eigenvalue weighted by atomic mass is 35.7. The van der Waals surface area contributed by atoms with Gasteiger partial charge in [0.25, 0.3) is 0 Å². The van der Waals surface area contributed by atoms with E-state index in [2.05, 4.69) is 32.3 Å². The van der Waals surface area contributed by atoms with E-state index in [4.69, 9.17) is 22.2 Å². The van der Waals surface area contributed by atoms with Crippen LogP contribution in [0.3, 0.4) is 0 Å². The quantitative estimate of drug-likeness (QED) is 0.512. The van der Waals surface area contributed by atoms with Crippen LogP contribution in [-0.4, -0.2) is 24.7 Å². The summed E-state index contributed by atoms with van der Waals surface area (Å²) in [6.07, 6.45) is 2.49. The molecule has 1 nitrogen and oxygen atoms in total. The van der Waals surface area contributed by atoms with Crippen LogP contribution in [0.5, 0.6) is 0 Å². The minimum Gasteiger partial charge on any atom is -0.299 e. The van der Waals surface area contributed by atoms with E-state index >= 15 is 0 Å². The Labute approximate surface area is 98.9 Å². The molecule has 0 N–H and O–H groups in total. The van der Waals surface area contributed by atoms with Gasteiger partial charge in [-0.3, -0.25) is 4.57 Å². The lowest BCUT2D eigenvalue weighted by molar-refractivity contribution is 0.109. The molecule has 1 saturated heterocycles. The summed E-state index contributed by atoms with van der Waals surface area (Å²) in [5.74, 6) is 0.816. The molecule has 0 saturated carbocycles. The van der Waals surface area contributed by atoms with E-state index < -0.39 is 7.58 Å². The standard InChI is InChI=1S/C10H21Cl2NSi/c1-8-5-6-13(14(11)12)9(7-8)10(2,3)4/h8-9,14H,5-7H2,1-4H3. The SMILES string of the molecule is CC1CCN([SiH](Cl)Cl)C(C(C)(C)C)C1. The van der Waals surface area contributed by atoms with Gasteiger partial charge in [0.15, 0.2) is 0 Å². The summed E-state index contributed by atoms with van der Waals surface area (Å²) in [6.45, 7) is 10.3. The lowest BCUT2D eigenvalue weighted by Crippen LogP contribution is -2.52. The second-order valence-corrected chi connectivity index (χ2v) is 9.90. The molecule has 1 fully saturated rings. The molecule has 4 heteroatoms. The Bertz CT molecular complexity index is 191. The van der Waals surface area contributed by atoms with Gasteiger partial charge in [-0.05, 0) is 30.7 Å². The smallest absolute Gasteiger partial charge is 0.299 e. The first-order valence-corrected chi connectivity index (χ1v) is 9.37. The van der Waals surface area contributed by atoms with Crippen LogP contribution >= 0.6 is 22.2 Å². The van der Waals surface area contributed by atoms with Crippen molar-refractivity contribution in [3.63, 3.8) is 0 Å². The van der Waals surface area contributed by atoms with Gasteiger partial charge in [-0.15, -0.1) is 22.2 Å². The molecule has 0 radical (unpaired) electrons. The van der Waals surface area contributed by atoms with Crippen molar-refractivity contribution in [2.45, 2.75) is 46.6 Å². The Morgan fingerprint density at radius 3 is 2.29 bits per heavy atom. The third-order valence-corrected chi connectivity index (χ3v) is 5.78. The van der Waals surface area contributed by atoms with Crippen molar-refractivity contribution in [1.29, 1.82) is 0 Å². The zero-order chi connectivity index (χ0) is 10.9.